The first-order valence-electron chi connectivity index (χ1n) is 18.4. The molecule has 0 saturated carbocycles. The summed E-state index contributed by atoms with van der Waals surface area (Å²) >= 11 is 0. The lowest BCUT2D eigenvalue weighted by Crippen LogP contribution is -2.53. The molecule has 290 valence electrons. The molecule has 2 unspecified atom stereocenters. The highest BCUT2D eigenvalue weighted by Crippen LogP contribution is 2.40. The van der Waals surface area contributed by atoms with E-state index in [-0.39, 0.29) is 19.3 Å². The number of benzene rings is 4. The lowest BCUT2D eigenvalue weighted by Gasteiger charge is -2.26. The Labute approximate surface area is 323 Å². The van der Waals surface area contributed by atoms with E-state index in [0.717, 1.165) is 27.2 Å². The Balaban J connectivity index is 1.21. The van der Waals surface area contributed by atoms with Gasteiger partial charge in [0.2, 0.25) is 17.7 Å². The van der Waals surface area contributed by atoms with E-state index in [2.05, 4.69) is 20.9 Å². The predicted molar refractivity (Wildman–Crippen MR) is 210 cm³/mol. The minimum Gasteiger partial charge on any atom is -0.481 e. The number of amides is 4. The maximum atomic E-state index is 14.4. The van der Waals surface area contributed by atoms with E-state index in [1.165, 1.54) is 0 Å². The van der Waals surface area contributed by atoms with Crippen LogP contribution in [0.25, 0.3) is 21.7 Å². The van der Waals surface area contributed by atoms with Gasteiger partial charge in [0.25, 0.3) is 0 Å². The zero-order valence-electron chi connectivity index (χ0n) is 31.3. The van der Waals surface area contributed by atoms with Crippen LogP contribution in [0.2, 0.25) is 0 Å². The van der Waals surface area contributed by atoms with Gasteiger partial charge in [-0.2, -0.15) is 0 Å². The normalized spacial score (nSPS) is 16.6. The van der Waals surface area contributed by atoms with E-state index in [1.54, 1.807) is 51.2 Å². The van der Waals surface area contributed by atoms with E-state index in [1.807, 2.05) is 66.7 Å². The highest BCUT2D eigenvalue weighted by Gasteiger charge is 2.45. The summed E-state index contributed by atoms with van der Waals surface area (Å²) < 4.78 is 5.42. The van der Waals surface area contributed by atoms with Gasteiger partial charge in [-0.15, -0.1) is 0 Å². The molecular weight excluding hydrogens is 714 g/mol. The second-order valence-electron chi connectivity index (χ2n) is 15.2. The summed E-state index contributed by atoms with van der Waals surface area (Å²) in [7, 11) is 0. The van der Waals surface area contributed by atoms with Crippen LogP contribution in [0.15, 0.2) is 97.2 Å². The van der Waals surface area contributed by atoms with E-state index >= 15 is 0 Å². The molecule has 1 aliphatic rings. The Morgan fingerprint density at radius 3 is 2.29 bits per heavy atom. The summed E-state index contributed by atoms with van der Waals surface area (Å²) in [5.74, 6) is -6.75. The van der Waals surface area contributed by atoms with Crippen molar-refractivity contribution in [3.63, 3.8) is 0 Å². The van der Waals surface area contributed by atoms with Crippen molar-refractivity contribution in [2.24, 2.45) is 11.7 Å². The molecule has 1 heterocycles. The lowest BCUT2D eigenvalue weighted by atomic mass is 9.83. The number of aromatic amines is 1. The fourth-order valence-electron chi connectivity index (χ4n) is 7.28. The topological polar surface area (TPSA) is 210 Å². The molecule has 0 spiro atoms. The summed E-state index contributed by atoms with van der Waals surface area (Å²) in [5, 5.41) is 20.2. The molecule has 56 heavy (non-hydrogen) atoms. The molecule has 13 heteroatoms. The number of imide groups is 1. The summed E-state index contributed by atoms with van der Waals surface area (Å²) in [6.45, 7) is 5.04. The zero-order valence-corrected chi connectivity index (χ0v) is 31.3. The minimum atomic E-state index is -1.53. The number of carbonyl (C=O) groups excluding carboxylic acids is 5. The zero-order chi connectivity index (χ0) is 40.1. The Kier molecular flexibility index (Phi) is 11.6. The molecule has 0 fully saturated rings. The molecule has 1 aromatic heterocycles. The highest BCUT2D eigenvalue weighted by molar-refractivity contribution is 6.05. The summed E-state index contributed by atoms with van der Waals surface area (Å²) in [4.78, 5) is 83.9. The second-order valence-corrected chi connectivity index (χ2v) is 15.2. The van der Waals surface area contributed by atoms with Gasteiger partial charge in [-0.25, -0.2) is 4.79 Å². The fraction of sp³-hybridized carbons (Fsp3) is 0.302. The van der Waals surface area contributed by atoms with Crippen LogP contribution in [0.5, 0.6) is 0 Å². The predicted octanol–water partition coefficient (Wildman–Crippen LogP) is 4.45. The fourth-order valence-corrected chi connectivity index (χ4v) is 7.28. The van der Waals surface area contributed by atoms with E-state index < -0.39 is 77.6 Å². The van der Waals surface area contributed by atoms with Crippen molar-refractivity contribution < 1.29 is 38.6 Å². The smallest absolute Gasteiger partial charge is 0.408 e. The maximum absolute atomic E-state index is 14.4. The number of H-pyrrole nitrogens is 1. The third kappa shape index (κ3) is 9.29. The number of aromatic nitrogens is 1. The van der Waals surface area contributed by atoms with Crippen molar-refractivity contribution >= 4 is 57.2 Å². The van der Waals surface area contributed by atoms with Crippen LogP contribution in [-0.2, 0) is 48.0 Å². The Hall–Kier alpha value is -6.34. The number of ketones is 1. The van der Waals surface area contributed by atoms with Gasteiger partial charge in [0.05, 0.1) is 30.3 Å². The number of alkyl carbamates (subject to hydrolysis) is 1. The first-order chi connectivity index (χ1) is 26.7. The third-order valence-corrected chi connectivity index (χ3v) is 9.87. The molecule has 0 aliphatic heterocycles. The molecule has 6 rings (SSSR count). The molecule has 4 amide bonds. The summed E-state index contributed by atoms with van der Waals surface area (Å²) in [5.41, 5.74) is 8.88. The van der Waals surface area contributed by atoms with Gasteiger partial charge < -0.3 is 31.2 Å². The van der Waals surface area contributed by atoms with Crippen LogP contribution in [0.1, 0.15) is 55.4 Å². The minimum absolute atomic E-state index is 0.00178. The molecule has 7 N–H and O–H groups in total. The number of carbonyl (C=O) groups is 6. The van der Waals surface area contributed by atoms with Crippen molar-refractivity contribution in [2.45, 2.75) is 76.1 Å². The van der Waals surface area contributed by atoms with E-state index in [0.29, 0.717) is 16.7 Å². The Morgan fingerprint density at radius 1 is 0.839 bits per heavy atom. The molecule has 5 aromatic rings. The maximum Gasteiger partial charge on any atom is 0.408 e. The highest BCUT2D eigenvalue weighted by atomic mass is 16.6. The van der Waals surface area contributed by atoms with Gasteiger partial charge in [0, 0.05) is 23.5 Å². The molecule has 0 bridgehead atoms. The van der Waals surface area contributed by atoms with Crippen LogP contribution in [-0.4, -0.2) is 69.4 Å². The number of rotatable bonds is 13. The second kappa shape index (κ2) is 16.6. The molecule has 0 radical (unpaired) electrons. The number of nitrogens with one attached hydrogen (secondary N) is 4. The Bertz CT molecular complexity index is 2310. The SMILES string of the molecule is CC(C)(C)OC(=O)N[C@@H](Cc1c[nH]c2ccccc12)C(=O)NC(=O)C1Cc2ccccc2C1C(=O)[C@H](CC(=O)O)NC(=O)[C@@H](N)Cc1ccc2ccccc2c1. The first kappa shape index (κ1) is 39.4. The average Bonchev–Trinajstić information content (AvgIpc) is 3.74. The monoisotopic (exact) mass is 759 g/mol. The first-order valence-corrected chi connectivity index (χ1v) is 18.4. The number of carboxylic acid groups (broad SMARTS) is 1. The van der Waals surface area contributed by atoms with Crippen molar-refractivity contribution in [1.29, 1.82) is 0 Å². The number of ether oxygens (including phenoxy) is 1. The third-order valence-electron chi connectivity index (χ3n) is 9.87. The summed E-state index contributed by atoms with van der Waals surface area (Å²) in [6, 6.07) is 23.8. The number of aliphatic carboxylic acids is 1. The number of hydrogen-bond acceptors (Lipinski definition) is 8. The lowest BCUT2D eigenvalue weighted by molar-refractivity contribution is -0.141. The van der Waals surface area contributed by atoms with E-state index in [4.69, 9.17) is 10.5 Å². The van der Waals surface area contributed by atoms with Gasteiger partial charge in [0.1, 0.15) is 11.6 Å². The standard InChI is InChI=1S/C43H45N5O8/c1-43(2,3)56-42(55)47-35(21-28-23-45-33-15-9-8-13-29(28)33)41(54)48-39(52)31-20-27-12-6-7-14-30(27)37(31)38(51)34(22-36(49)50)46-40(53)32(44)19-24-16-17-25-10-4-5-11-26(25)18-24/h4-18,23,31-32,34-35,37,45H,19-22,44H2,1-3H3,(H,46,53)(H,47,55)(H,49,50)(H,48,52,54)/t31?,32-,34-,35-,37?/m0/s1. The molecule has 5 atom stereocenters. The van der Waals surface area contributed by atoms with Gasteiger partial charge in [-0.3, -0.25) is 29.3 Å². The number of hydrogen-bond donors (Lipinski definition) is 6. The van der Waals surface area contributed by atoms with Crippen LogP contribution in [0.4, 0.5) is 4.79 Å². The Morgan fingerprint density at radius 2 is 1.54 bits per heavy atom. The molecular formula is C43H45N5O8. The molecule has 0 saturated heterocycles. The van der Waals surface area contributed by atoms with Crippen LogP contribution in [0, 0.1) is 5.92 Å². The molecule has 13 nitrogen and oxygen atoms in total. The molecule has 1 aliphatic carbocycles. The van der Waals surface area contributed by atoms with Gasteiger partial charge >= 0.3 is 12.1 Å². The van der Waals surface area contributed by atoms with Crippen molar-refractivity contribution in [1.82, 2.24) is 20.9 Å². The molecule has 4 aromatic carbocycles. The average molecular weight is 760 g/mol. The van der Waals surface area contributed by atoms with Gasteiger partial charge in [0.15, 0.2) is 5.78 Å². The quantitative estimate of drug-likeness (QED) is 0.100. The number of nitrogens with two attached hydrogens (primary N) is 1. The van der Waals surface area contributed by atoms with Crippen molar-refractivity contribution in [2.75, 3.05) is 0 Å². The number of carboxylic acids is 1. The van der Waals surface area contributed by atoms with Crippen LogP contribution >= 0.6 is 0 Å². The van der Waals surface area contributed by atoms with Gasteiger partial charge in [-0.05, 0) is 72.7 Å². The number of Topliss-reactive ketones (excluding diaryl/α,β-unsaturated/α-hetero) is 1. The number of fused-ring (bicyclic) bond motifs is 3. The van der Waals surface area contributed by atoms with Crippen LogP contribution < -0.4 is 21.7 Å². The van der Waals surface area contributed by atoms with Gasteiger partial charge in [-0.1, -0.05) is 84.9 Å². The van der Waals surface area contributed by atoms with Crippen LogP contribution in [0.3, 0.4) is 0 Å². The van der Waals surface area contributed by atoms with Crippen molar-refractivity contribution in [3.8, 4) is 0 Å². The number of para-hydroxylation sites is 1. The largest absolute Gasteiger partial charge is 0.481 e. The summed E-state index contributed by atoms with van der Waals surface area (Å²) in [6.07, 6.45) is 0.288. The van der Waals surface area contributed by atoms with E-state index in [9.17, 15) is 33.9 Å². The van der Waals surface area contributed by atoms with Crippen molar-refractivity contribution in [3.05, 3.63) is 119 Å².